The van der Waals surface area contributed by atoms with Crippen LogP contribution in [0.5, 0.6) is 5.75 Å². The van der Waals surface area contributed by atoms with Crippen molar-refractivity contribution in [3.8, 4) is 5.75 Å². The molecule has 4 fully saturated rings. The first-order valence-corrected chi connectivity index (χ1v) is 25.6. The average Bonchev–Trinajstić information content (AvgIpc) is 3.52. The number of phenolic OH excluding ortho intramolecular Hbond substituents is 1. The van der Waals surface area contributed by atoms with Crippen molar-refractivity contribution >= 4 is 34.7 Å². The largest absolute Gasteiger partial charge is 0.506 e. The Balaban J connectivity index is 1.36. The average molecular weight is 1120 g/mol. The fourth-order valence-corrected chi connectivity index (χ4v) is 9.74. The summed E-state index contributed by atoms with van der Waals surface area (Å²) in [4.78, 5) is 55.6. The van der Waals surface area contributed by atoms with Crippen LogP contribution in [0.2, 0.25) is 0 Å². The quantitative estimate of drug-likeness (QED) is 0.0328. The summed E-state index contributed by atoms with van der Waals surface area (Å²) in [6, 6.07) is 4.09. The monoisotopic (exact) mass is 1120 g/mol. The van der Waals surface area contributed by atoms with Crippen molar-refractivity contribution in [1.29, 1.82) is 0 Å². The van der Waals surface area contributed by atoms with E-state index < -0.39 is 172 Å². The van der Waals surface area contributed by atoms with Crippen molar-refractivity contribution in [1.82, 2.24) is 15.6 Å². The minimum Gasteiger partial charge on any atom is -0.506 e. The summed E-state index contributed by atoms with van der Waals surface area (Å²) in [7, 11) is 1.31. The topological polar surface area (TPSA) is 451 Å². The van der Waals surface area contributed by atoms with E-state index in [0.29, 0.717) is 24.6 Å². The molecule has 0 radical (unpaired) electrons. The Morgan fingerprint density at radius 1 is 0.756 bits per heavy atom. The lowest BCUT2D eigenvalue weighted by atomic mass is 9.88. The van der Waals surface area contributed by atoms with E-state index in [-0.39, 0.29) is 36.0 Å². The number of amides is 2. The number of nitrogens with one attached hydrogen (secondary N) is 2. The van der Waals surface area contributed by atoms with Crippen LogP contribution in [0.1, 0.15) is 75.7 Å². The van der Waals surface area contributed by atoms with Gasteiger partial charge >= 0.3 is 11.9 Å². The third-order valence-electron chi connectivity index (χ3n) is 14.1. The number of hydrogen-bond donors (Lipinski definition) is 15. The lowest BCUT2D eigenvalue weighted by Crippen LogP contribution is -2.71. The Labute approximate surface area is 446 Å². The number of pyridine rings is 1. The molecule has 14 unspecified atom stereocenters. The van der Waals surface area contributed by atoms with Crippen LogP contribution in [0.3, 0.4) is 0 Å². The van der Waals surface area contributed by atoms with Gasteiger partial charge in [0.25, 0.3) is 11.7 Å². The highest BCUT2D eigenvalue weighted by molar-refractivity contribution is 5.96. The summed E-state index contributed by atoms with van der Waals surface area (Å²) < 4.78 is 53.1. The number of aliphatic hydroxyl groups excluding tert-OH is 11. The molecule has 15 N–H and O–H groups in total. The van der Waals surface area contributed by atoms with E-state index in [9.17, 15) is 85.6 Å². The minimum atomic E-state index is -3.18. The van der Waals surface area contributed by atoms with Crippen LogP contribution < -0.4 is 10.6 Å². The molecule has 29 nitrogen and oxygen atoms in total. The van der Waals surface area contributed by atoms with E-state index in [1.54, 1.807) is 12.1 Å². The van der Waals surface area contributed by atoms with Gasteiger partial charge in [0.05, 0.1) is 45.2 Å². The summed E-state index contributed by atoms with van der Waals surface area (Å²) in [5.74, 6) is -7.55. The number of hydrogen-bond acceptors (Lipinski definition) is 26. The van der Waals surface area contributed by atoms with E-state index in [1.807, 2.05) is 0 Å². The van der Waals surface area contributed by atoms with Crippen molar-refractivity contribution in [3.63, 3.8) is 0 Å². The normalized spacial score (nSPS) is 36.1. The maximum Gasteiger partial charge on any atom is 0.364 e. The number of carbonyl (C=O) groups is 4. The van der Waals surface area contributed by atoms with E-state index in [2.05, 4.69) is 20.4 Å². The van der Waals surface area contributed by atoms with E-state index in [4.69, 9.17) is 37.9 Å². The SMILES string of the molecule is COC(=O)CCCCCCCCO[C@@H]1OC(CO)[C@@H](OC2OC(CO)[C@H](O)C(O[C@]3(C(=O)O)CC(O)[C@@H](NC(C)=O)C(C(O)C(O)CO)O3)C2O)C(O[C@@H]2OC(C)[C@@H](O)C(O)C2O)C1NC(=O)c1ccc2cccc(O)c2n1. The Bertz CT molecular complexity index is 2290. The summed E-state index contributed by atoms with van der Waals surface area (Å²) in [6.07, 6.45) is -31.7. The van der Waals surface area contributed by atoms with Gasteiger partial charge in [-0.05, 0) is 31.9 Å². The molecule has 5 heterocycles. The highest BCUT2D eigenvalue weighted by atomic mass is 16.8. The van der Waals surface area contributed by atoms with Crippen LogP contribution >= 0.6 is 0 Å². The first-order valence-electron chi connectivity index (χ1n) is 25.6. The molecule has 440 valence electrons. The Morgan fingerprint density at radius 2 is 1.41 bits per heavy atom. The van der Waals surface area contributed by atoms with Crippen LogP contribution in [-0.4, -0.2) is 257 Å². The van der Waals surface area contributed by atoms with Gasteiger partial charge in [0, 0.05) is 31.8 Å². The van der Waals surface area contributed by atoms with Gasteiger partial charge in [0.15, 0.2) is 18.9 Å². The lowest BCUT2D eigenvalue weighted by Gasteiger charge is -2.51. The number of aromatic hydroxyl groups is 1. The van der Waals surface area contributed by atoms with Gasteiger partial charge in [-0.1, -0.05) is 43.9 Å². The molecule has 4 saturated heterocycles. The van der Waals surface area contributed by atoms with E-state index in [0.717, 1.165) is 26.2 Å². The van der Waals surface area contributed by atoms with Crippen molar-refractivity contribution in [2.24, 2.45) is 0 Å². The number of carboxylic acids is 1. The molecule has 1 aromatic heterocycles. The number of rotatable bonds is 25. The summed E-state index contributed by atoms with van der Waals surface area (Å²) >= 11 is 0. The number of carbonyl (C=O) groups excluding carboxylic acids is 3. The van der Waals surface area contributed by atoms with Crippen LogP contribution in [0, 0.1) is 0 Å². The Hall–Kier alpha value is -4.45. The van der Waals surface area contributed by atoms with Gasteiger partial charge < -0.3 is 120 Å². The van der Waals surface area contributed by atoms with Crippen LogP contribution in [-0.2, 0) is 57.0 Å². The zero-order chi connectivity index (χ0) is 57.2. The number of aliphatic hydroxyl groups is 11. The minimum absolute atomic E-state index is 0.0402. The summed E-state index contributed by atoms with van der Waals surface area (Å²) in [6.45, 7) is -0.860. The first kappa shape index (κ1) is 62.7. The molecule has 78 heavy (non-hydrogen) atoms. The van der Waals surface area contributed by atoms with Crippen LogP contribution in [0.15, 0.2) is 30.3 Å². The van der Waals surface area contributed by atoms with Crippen molar-refractivity contribution < 1.29 is 128 Å². The standard InChI is InChI=1S/C49H73N3O26/c1-21-34(61)37(64)38(65)46(72-21)76-42-33(52-44(67)24-15-14-23-11-10-12-25(57)31(23)51-24)45(71-16-9-7-5-4-6-8-13-30(60)70-3)74-29(20-55)40(42)75-47-39(66)43(36(63)28(19-54)73-47)78-49(48(68)69)17-26(58)32(50-22(2)56)41(77-49)35(62)27(59)18-53/h10-12,14-15,21,26-29,32-43,45-47,53-55,57-59,61-66H,4-9,13,16-20H2,1-3H3,(H,50,56)(H,52,67)(H,68,69)/t21?,26?,27?,28?,29?,32-,33?,34-,35?,36+,37?,38?,39?,40-,41?,42?,43?,45-,46+,47?,49+/m1/s1. The molecule has 2 aromatic rings. The first-order chi connectivity index (χ1) is 37.1. The maximum atomic E-state index is 14.4. The molecule has 0 saturated carbocycles. The second-order valence-electron chi connectivity index (χ2n) is 19.6. The molecule has 4 aliphatic heterocycles. The molecule has 6 rings (SSSR count). The van der Waals surface area contributed by atoms with Gasteiger partial charge in [-0.2, -0.15) is 0 Å². The summed E-state index contributed by atoms with van der Waals surface area (Å²) in [5, 5.41) is 147. The number of carboxylic acid groups (broad SMARTS) is 1. The number of methoxy groups -OCH3 is 1. The molecular weight excluding hydrogens is 1050 g/mol. The zero-order valence-corrected chi connectivity index (χ0v) is 43.0. The second-order valence-corrected chi connectivity index (χ2v) is 19.6. The van der Waals surface area contributed by atoms with Crippen molar-refractivity contribution in [3.05, 3.63) is 36.0 Å². The molecule has 0 bridgehead atoms. The number of nitrogens with zero attached hydrogens (tertiary/aromatic N) is 1. The fourth-order valence-electron chi connectivity index (χ4n) is 9.74. The van der Waals surface area contributed by atoms with Gasteiger partial charge in [-0.15, -0.1) is 0 Å². The number of ether oxygens (including phenoxy) is 9. The second kappa shape index (κ2) is 28.3. The molecule has 4 aliphatic rings. The number of aliphatic carboxylic acids is 1. The predicted octanol–water partition coefficient (Wildman–Crippen LogP) is -4.75. The molecule has 0 spiro atoms. The fraction of sp³-hybridized carbons (Fsp3) is 0.735. The molecule has 1 aromatic carbocycles. The van der Waals surface area contributed by atoms with Crippen LogP contribution in [0.4, 0.5) is 0 Å². The number of phenols is 1. The predicted molar refractivity (Wildman–Crippen MR) is 258 cm³/mol. The third-order valence-corrected chi connectivity index (χ3v) is 14.1. The molecular formula is C49H73N3O26. The number of aromatic nitrogens is 1. The number of unbranched alkanes of at least 4 members (excludes halogenated alkanes) is 5. The smallest absolute Gasteiger partial charge is 0.364 e. The maximum absolute atomic E-state index is 14.4. The van der Waals surface area contributed by atoms with Gasteiger partial charge in [-0.3, -0.25) is 14.4 Å². The molecule has 29 heteroatoms. The number of benzene rings is 1. The Kier molecular flexibility index (Phi) is 22.8. The van der Waals surface area contributed by atoms with Gasteiger partial charge in [-0.25, -0.2) is 9.78 Å². The number of fused-ring (bicyclic) bond motifs is 1. The number of esters is 1. The highest BCUT2D eigenvalue weighted by Crippen LogP contribution is 2.39. The molecule has 2 amide bonds. The van der Waals surface area contributed by atoms with E-state index >= 15 is 0 Å². The van der Waals surface area contributed by atoms with Crippen molar-refractivity contribution in [2.45, 2.75) is 194 Å². The summed E-state index contributed by atoms with van der Waals surface area (Å²) in [5.41, 5.74) is -0.229. The Morgan fingerprint density at radius 3 is 2.06 bits per heavy atom. The highest BCUT2D eigenvalue weighted by Gasteiger charge is 2.61. The van der Waals surface area contributed by atoms with Crippen molar-refractivity contribution in [2.75, 3.05) is 33.5 Å². The van der Waals surface area contributed by atoms with Gasteiger partial charge in [0.1, 0.15) is 102 Å². The third kappa shape index (κ3) is 14.7. The number of para-hydroxylation sites is 1. The van der Waals surface area contributed by atoms with Crippen LogP contribution in [0.25, 0.3) is 10.9 Å². The molecule has 0 aliphatic carbocycles. The van der Waals surface area contributed by atoms with E-state index in [1.165, 1.54) is 32.2 Å². The molecule has 21 atom stereocenters. The lowest BCUT2D eigenvalue weighted by molar-refractivity contribution is -0.391. The van der Waals surface area contributed by atoms with Gasteiger partial charge in [0.2, 0.25) is 5.91 Å². The zero-order valence-electron chi connectivity index (χ0n) is 43.0.